The van der Waals surface area contributed by atoms with Crippen molar-refractivity contribution < 1.29 is 9.53 Å². The summed E-state index contributed by atoms with van der Waals surface area (Å²) < 4.78 is 7.44. The van der Waals surface area contributed by atoms with Gasteiger partial charge in [0.15, 0.2) is 0 Å². The quantitative estimate of drug-likeness (QED) is 0.447. The Labute approximate surface area is 171 Å². The van der Waals surface area contributed by atoms with E-state index in [2.05, 4.69) is 27.7 Å². The van der Waals surface area contributed by atoms with Gasteiger partial charge in [0.05, 0.1) is 11.0 Å². The van der Waals surface area contributed by atoms with Crippen molar-refractivity contribution in [1.29, 1.82) is 0 Å². The largest absolute Gasteiger partial charge is 0.460 e. The summed E-state index contributed by atoms with van der Waals surface area (Å²) in [5.74, 6) is 1.90. The van der Waals surface area contributed by atoms with Crippen molar-refractivity contribution in [1.82, 2.24) is 9.55 Å². The number of nitrogens with zero attached hydrogens (tertiary/aromatic N) is 3. The van der Waals surface area contributed by atoms with Gasteiger partial charge in [-0.15, -0.1) is 23.2 Å². The highest BCUT2D eigenvalue weighted by Gasteiger charge is 2.16. The van der Waals surface area contributed by atoms with Gasteiger partial charge in [0.2, 0.25) is 0 Å². The number of carbonyl (C=O) groups is 1. The number of imidazole rings is 1. The van der Waals surface area contributed by atoms with E-state index in [0.717, 1.165) is 42.1 Å². The Hall–Kier alpha value is -1.46. The number of fused-ring (bicyclic) bond motifs is 1. The van der Waals surface area contributed by atoms with Crippen LogP contribution in [-0.2, 0) is 23.0 Å². The molecule has 0 aliphatic heterocycles. The fraction of sp³-hybridized carbons (Fsp3) is 0.600. The van der Waals surface area contributed by atoms with Crippen LogP contribution in [0.5, 0.6) is 0 Å². The molecule has 0 saturated heterocycles. The van der Waals surface area contributed by atoms with Gasteiger partial charge in [-0.3, -0.25) is 4.79 Å². The third kappa shape index (κ3) is 6.28. The van der Waals surface area contributed by atoms with Crippen LogP contribution < -0.4 is 4.90 Å². The SMILES string of the molecule is Cn1c(CCCC(=O)OC(C)(C)C)nc2cc(N(CCCl)CCCl)ccc21. The minimum Gasteiger partial charge on any atom is -0.460 e. The van der Waals surface area contributed by atoms with Gasteiger partial charge >= 0.3 is 5.97 Å². The molecular weight excluding hydrogens is 385 g/mol. The molecule has 0 aliphatic rings. The Balaban J connectivity index is 2.08. The molecule has 2 aromatic rings. The van der Waals surface area contributed by atoms with Gasteiger partial charge in [-0.25, -0.2) is 4.98 Å². The monoisotopic (exact) mass is 413 g/mol. The Kier molecular flexibility index (Phi) is 7.80. The van der Waals surface area contributed by atoms with Gasteiger partial charge in [0.1, 0.15) is 11.4 Å². The third-order valence-corrected chi connectivity index (χ3v) is 4.57. The van der Waals surface area contributed by atoms with E-state index < -0.39 is 5.60 Å². The molecule has 0 bridgehead atoms. The van der Waals surface area contributed by atoms with Crippen molar-refractivity contribution in [2.45, 2.75) is 45.6 Å². The minimum absolute atomic E-state index is 0.165. The summed E-state index contributed by atoms with van der Waals surface area (Å²) in [6, 6.07) is 6.23. The van der Waals surface area contributed by atoms with E-state index in [1.54, 1.807) is 0 Å². The number of benzene rings is 1. The fourth-order valence-corrected chi connectivity index (χ4v) is 3.42. The zero-order valence-corrected chi connectivity index (χ0v) is 18.1. The minimum atomic E-state index is -0.441. The van der Waals surface area contributed by atoms with E-state index in [1.807, 2.05) is 27.8 Å². The molecular formula is C20H29Cl2N3O2. The summed E-state index contributed by atoms with van der Waals surface area (Å²) in [4.78, 5) is 18.8. The normalized spacial score (nSPS) is 11.8. The Morgan fingerprint density at radius 3 is 2.48 bits per heavy atom. The highest BCUT2D eigenvalue weighted by atomic mass is 35.5. The first-order valence-corrected chi connectivity index (χ1v) is 10.4. The molecule has 0 saturated carbocycles. The van der Waals surface area contributed by atoms with Gasteiger partial charge in [-0.2, -0.15) is 0 Å². The van der Waals surface area contributed by atoms with Crippen LogP contribution in [0, 0.1) is 0 Å². The maximum Gasteiger partial charge on any atom is 0.306 e. The predicted octanol–water partition coefficient (Wildman–Crippen LogP) is 4.52. The first-order chi connectivity index (χ1) is 12.7. The van der Waals surface area contributed by atoms with E-state index in [1.165, 1.54) is 0 Å². The van der Waals surface area contributed by atoms with Crippen LogP contribution in [0.15, 0.2) is 18.2 Å². The van der Waals surface area contributed by atoms with E-state index in [-0.39, 0.29) is 5.97 Å². The lowest BCUT2D eigenvalue weighted by atomic mass is 10.2. The number of anilines is 1. The molecule has 7 heteroatoms. The van der Waals surface area contributed by atoms with E-state index in [0.29, 0.717) is 24.6 Å². The number of hydrogen-bond acceptors (Lipinski definition) is 4. The second-order valence-corrected chi connectivity index (χ2v) is 8.32. The number of carbonyl (C=O) groups excluding carboxylic acids is 1. The van der Waals surface area contributed by atoms with Crippen LogP contribution in [-0.4, -0.2) is 46.0 Å². The number of rotatable bonds is 9. The predicted molar refractivity (Wildman–Crippen MR) is 113 cm³/mol. The molecule has 1 heterocycles. The number of esters is 1. The van der Waals surface area contributed by atoms with Gasteiger partial charge in [0.25, 0.3) is 0 Å². The second kappa shape index (κ2) is 9.65. The number of hydrogen-bond donors (Lipinski definition) is 0. The maximum atomic E-state index is 11.9. The van der Waals surface area contributed by atoms with Crippen LogP contribution in [0.2, 0.25) is 0 Å². The number of aryl methyl sites for hydroxylation is 2. The Morgan fingerprint density at radius 2 is 1.89 bits per heavy atom. The smallest absolute Gasteiger partial charge is 0.306 e. The molecule has 5 nitrogen and oxygen atoms in total. The Morgan fingerprint density at radius 1 is 1.22 bits per heavy atom. The van der Waals surface area contributed by atoms with Crippen molar-refractivity contribution in [3.63, 3.8) is 0 Å². The lowest BCUT2D eigenvalue weighted by molar-refractivity contribution is -0.154. The van der Waals surface area contributed by atoms with E-state index >= 15 is 0 Å². The highest BCUT2D eigenvalue weighted by Crippen LogP contribution is 2.23. The van der Waals surface area contributed by atoms with Gasteiger partial charge in [-0.05, 0) is 45.4 Å². The van der Waals surface area contributed by atoms with Crippen LogP contribution in [0.1, 0.15) is 39.4 Å². The Bertz CT molecular complexity index is 762. The van der Waals surface area contributed by atoms with E-state index in [9.17, 15) is 4.79 Å². The molecule has 2 rings (SSSR count). The highest BCUT2D eigenvalue weighted by molar-refractivity contribution is 6.18. The standard InChI is InChI=1S/C20H29Cl2N3O2/c1-20(2,3)27-19(26)7-5-6-18-23-16-14-15(8-9-17(16)24(18)4)25(12-10-21)13-11-22/h8-9,14H,5-7,10-13H2,1-4H3. The van der Waals surface area contributed by atoms with Crippen LogP contribution in [0.4, 0.5) is 5.69 Å². The summed E-state index contributed by atoms with van der Waals surface area (Å²) >= 11 is 11.8. The fourth-order valence-electron chi connectivity index (χ4n) is 3.02. The van der Waals surface area contributed by atoms with Crippen molar-refractivity contribution in [3.05, 3.63) is 24.0 Å². The molecule has 0 amide bonds. The zero-order chi connectivity index (χ0) is 20.0. The maximum absolute atomic E-state index is 11.9. The van der Waals surface area contributed by atoms with Crippen molar-refractivity contribution in [2.24, 2.45) is 7.05 Å². The molecule has 0 radical (unpaired) electrons. The number of aromatic nitrogens is 2. The van der Waals surface area contributed by atoms with E-state index in [4.69, 9.17) is 32.9 Å². The first kappa shape index (κ1) is 21.8. The average molecular weight is 414 g/mol. The lowest BCUT2D eigenvalue weighted by Gasteiger charge is -2.22. The zero-order valence-electron chi connectivity index (χ0n) is 16.6. The molecule has 150 valence electrons. The van der Waals surface area contributed by atoms with Crippen LogP contribution in [0.25, 0.3) is 11.0 Å². The molecule has 0 aliphatic carbocycles. The topological polar surface area (TPSA) is 47.4 Å². The number of ether oxygens (including phenoxy) is 1. The first-order valence-electron chi connectivity index (χ1n) is 9.29. The molecule has 0 spiro atoms. The van der Waals surface area contributed by atoms with Gasteiger partial charge in [-0.1, -0.05) is 0 Å². The average Bonchev–Trinajstić information content (AvgIpc) is 2.88. The molecule has 0 unspecified atom stereocenters. The molecule has 27 heavy (non-hydrogen) atoms. The molecule has 1 aromatic heterocycles. The summed E-state index contributed by atoms with van der Waals surface area (Å²) in [7, 11) is 2.01. The molecule has 0 N–H and O–H groups in total. The number of halogens is 2. The lowest BCUT2D eigenvalue weighted by Crippen LogP contribution is -2.27. The summed E-state index contributed by atoms with van der Waals surface area (Å²) in [6.45, 7) is 7.13. The second-order valence-electron chi connectivity index (χ2n) is 7.57. The van der Waals surface area contributed by atoms with Crippen LogP contribution in [0.3, 0.4) is 0 Å². The molecule has 0 atom stereocenters. The number of alkyl halides is 2. The summed E-state index contributed by atoms with van der Waals surface area (Å²) in [5.41, 5.74) is 2.64. The van der Waals surface area contributed by atoms with Gasteiger partial charge in [0, 0.05) is 50.4 Å². The summed E-state index contributed by atoms with van der Waals surface area (Å²) in [5, 5.41) is 0. The van der Waals surface area contributed by atoms with Crippen LogP contribution >= 0.6 is 23.2 Å². The molecule has 0 fully saturated rings. The van der Waals surface area contributed by atoms with Gasteiger partial charge < -0.3 is 14.2 Å². The van der Waals surface area contributed by atoms with Crippen molar-refractivity contribution >= 4 is 45.9 Å². The molecule has 1 aromatic carbocycles. The van der Waals surface area contributed by atoms with Crippen molar-refractivity contribution in [2.75, 3.05) is 29.7 Å². The van der Waals surface area contributed by atoms with Crippen molar-refractivity contribution in [3.8, 4) is 0 Å². The third-order valence-electron chi connectivity index (χ3n) is 4.23. The summed E-state index contributed by atoms with van der Waals surface area (Å²) in [6.07, 6.45) is 1.83.